The Morgan fingerprint density at radius 2 is 2.18 bits per heavy atom. The minimum atomic E-state index is -0.551. The van der Waals surface area contributed by atoms with Crippen LogP contribution in [0.1, 0.15) is 11.1 Å². The van der Waals surface area contributed by atoms with Crippen molar-refractivity contribution >= 4 is 39.7 Å². The van der Waals surface area contributed by atoms with Crippen LogP contribution in [0, 0.1) is 12.7 Å². The van der Waals surface area contributed by atoms with Crippen LogP contribution in [0.25, 0.3) is 16.4 Å². The van der Waals surface area contributed by atoms with Crippen molar-refractivity contribution in [3.63, 3.8) is 0 Å². The van der Waals surface area contributed by atoms with Crippen molar-refractivity contribution in [2.24, 2.45) is 0 Å². The second kappa shape index (κ2) is 10.7. The predicted octanol–water partition coefficient (Wildman–Crippen LogP) is 3.86. The van der Waals surface area contributed by atoms with Gasteiger partial charge in [0.25, 0.3) is 0 Å². The average Bonchev–Trinajstić information content (AvgIpc) is 3.48. The first-order valence-corrected chi connectivity index (χ1v) is 12.6. The van der Waals surface area contributed by atoms with Crippen LogP contribution in [0.2, 0.25) is 0 Å². The highest BCUT2D eigenvalue weighted by Gasteiger charge is 2.18. The fourth-order valence-corrected chi connectivity index (χ4v) is 4.66. The van der Waals surface area contributed by atoms with Gasteiger partial charge in [-0.2, -0.15) is 10.2 Å². The van der Waals surface area contributed by atoms with Crippen molar-refractivity contribution in [2.75, 3.05) is 37.0 Å². The van der Waals surface area contributed by atoms with Crippen molar-refractivity contribution in [1.82, 2.24) is 29.7 Å². The normalized spacial score (nSPS) is 15.5. The molecule has 0 saturated carbocycles. The Balaban J connectivity index is 1.18. The Kier molecular flexibility index (Phi) is 6.78. The zero-order valence-corrected chi connectivity index (χ0v) is 21.2. The molecule has 1 aliphatic rings. The van der Waals surface area contributed by atoms with Crippen LogP contribution in [0.3, 0.4) is 0 Å². The van der Waals surface area contributed by atoms with Crippen LogP contribution < -0.4 is 16.0 Å². The summed E-state index contributed by atoms with van der Waals surface area (Å²) in [5.74, 6) is 0.313. The molecule has 1 atom stereocenters. The van der Waals surface area contributed by atoms with E-state index in [9.17, 15) is 9.18 Å². The van der Waals surface area contributed by atoms with E-state index in [4.69, 9.17) is 9.47 Å². The van der Waals surface area contributed by atoms with Gasteiger partial charge in [-0.15, -0.1) is 0 Å². The van der Waals surface area contributed by atoms with Crippen LogP contribution in [0.15, 0.2) is 61.2 Å². The summed E-state index contributed by atoms with van der Waals surface area (Å²) < 4.78 is 27.8. The van der Waals surface area contributed by atoms with Crippen LogP contribution >= 0.6 is 0 Å². The molecular formula is C27H27FN8O3. The number of ether oxygens (including phenoxy) is 2. The van der Waals surface area contributed by atoms with Crippen LogP contribution in [-0.2, 0) is 16.0 Å². The van der Waals surface area contributed by atoms with Gasteiger partial charge < -0.3 is 20.1 Å². The Hall–Kier alpha value is -4.55. The standard InChI is InChI=1S/C27H27FN8O3/c1-17-23(34-27(37)39-15-22-14-38-8-7-29-22)13-36-25(17)26(30-16-32-36)33-21-5-6-24-19(10-21)11-31-35(24)12-18-3-2-4-20(28)9-18/h2-6,9-11,13,16,22,29H,7-8,12,14-15H2,1H3,(H,34,37)(H,30,32,33)/t22-/m1/s1. The average molecular weight is 531 g/mol. The van der Waals surface area contributed by atoms with Crippen molar-refractivity contribution in [2.45, 2.75) is 19.5 Å². The molecule has 0 bridgehead atoms. The topological polar surface area (TPSA) is 120 Å². The highest BCUT2D eigenvalue weighted by molar-refractivity contribution is 5.91. The molecule has 2 aromatic carbocycles. The summed E-state index contributed by atoms with van der Waals surface area (Å²) in [6.07, 6.45) is 4.40. The predicted molar refractivity (Wildman–Crippen MR) is 144 cm³/mol. The molecule has 0 radical (unpaired) electrons. The molecule has 0 spiro atoms. The van der Waals surface area contributed by atoms with Gasteiger partial charge in [0, 0.05) is 23.2 Å². The largest absolute Gasteiger partial charge is 0.448 e. The van der Waals surface area contributed by atoms with Gasteiger partial charge in [-0.1, -0.05) is 12.1 Å². The Morgan fingerprint density at radius 1 is 1.26 bits per heavy atom. The molecule has 6 rings (SSSR count). The molecule has 1 fully saturated rings. The number of aryl methyl sites for hydroxylation is 1. The molecule has 200 valence electrons. The highest BCUT2D eigenvalue weighted by Crippen LogP contribution is 2.29. The summed E-state index contributed by atoms with van der Waals surface area (Å²) in [4.78, 5) is 16.9. The third kappa shape index (κ3) is 5.38. The molecule has 4 heterocycles. The number of fused-ring (bicyclic) bond motifs is 2. The van der Waals surface area contributed by atoms with Crippen molar-refractivity contribution in [1.29, 1.82) is 0 Å². The molecule has 12 heteroatoms. The van der Waals surface area contributed by atoms with Crippen LogP contribution in [0.4, 0.5) is 26.4 Å². The zero-order valence-electron chi connectivity index (χ0n) is 21.2. The highest BCUT2D eigenvalue weighted by atomic mass is 19.1. The summed E-state index contributed by atoms with van der Waals surface area (Å²) in [6.45, 7) is 4.46. The smallest absolute Gasteiger partial charge is 0.411 e. The number of carbonyl (C=O) groups excluding carboxylic acids is 1. The first-order valence-electron chi connectivity index (χ1n) is 12.6. The molecule has 0 aliphatic carbocycles. The Bertz CT molecular complexity index is 1640. The minimum absolute atomic E-state index is 0.0221. The van der Waals surface area contributed by atoms with Gasteiger partial charge in [-0.25, -0.2) is 18.7 Å². The van der Waals surface area contributed by atoms with Gasteiger partial charge in [0.15, 0.2) is 5.82 Å². The molecule has 3 N–H and O–H groups in total. The number of carbonyl (C=O) groups is 1. The van der Waals surface area contributed by atoms with Crippen LogP contribution in [-0.4, -0.2) is 62.9 Å². The van der Waals surface area contributed by atoms with Gasteiger partial charge in [0.2, 0.25) is 0 Å². The first-order chi connectivity index (χ1) is 19.0. The molecular weight excluding hydrogens is 503 g/mol. The number of aromatic nitrogens is 5. The molecule has 1 amide bonds. The maximum Gasteiger partial charge on any atom is 0.411 e. The first kappa shape index (κ1) is 24.8. The number of amides is 1. The summed E-state index contributed by atoms with van der Waals surface area (Å²) >= 11 is 0. The lowest BCUT2D eigenvalue weighted by atomic mass is 10.2. The van der Waals surface area contributed by atoms with Crippen molar-refractivity contribution < 1.29 is 18.7 Å². The van der Waals surface area contributed by atoms with E-state index in [1.807, 2.05) is 35.9 Å². The van der Waals surface area contributed by atoms with E-state index in [2.05, 4.69) is 31.1 Å². The SMILES string of the molecule is Cc1c(NC(=O)OC[C@H]2COCCN2)cn2ncnc(Nc3ccc4c(cnn4Cc4cccc(F)c4)c3)c12. The van der Waals surface area contributed by atoms with Crippen LogP contribution in [0.5, 0.6) is 0 Å². The summed E-state index contributed by atoms with van der Waals surface area (Å²) in [6, 6.07) is 12.3. The van der Waals surface area contributed by atoms with E-state index < -0.39 is 6.09 Å². The number of nitrogens with zero attached hydrogens (tertiary/aromatic N) is 5. The molecule has 1 aliphatic heterocycles. The van der Waals surface area contributed by atoms with E-state index >= 15 is 0 Å². The molecule has 5 aromatic rings. The molecule has 39 heavy (non-hydrogen) atoms. The number of rotatable bonds is 7. The Labute approximate surface area is 222 Å². The third-order valence-electron chi connectivity index (χ3n) is 6.60. The summed E-state index contributed by atoms with van der Waals surface area (Å²) in [5.41, 5.74) is 4.66. The monoisotopic (exact) mass is 530 g/mol. The van der Waals surface area contributed by atoms with Gasteiger partial charge in [-0.3, -0.25) is 10.00 Å². The van der Waals surface area contributed by atoms with E-state index in [1.54, 1.807) is 23.0 Å². The number of hydrogen-bond acceptors (Lipinski definition) is 8. The minimum Gasteiger partial charge on any atom is -0.448 e. The van der Waals surface area contributed by atoms with E-state index in [1.165, 1.54) is 18.5 Å². The fourth-order valence-electron chi connectivity index (χ4n) is 4.66. The van der Waals surface area contributed by atoms with Gasteiger partial charge >= 0.3 is 6.09 Å². The van der Waals surface area contributed by atoms with E-state index in [0.717, 1.165) is 39.8 Å². The number of benzene rings is 2. The lowest BCUT2D eigenvalue weighted by Crippen LogP contribution is -2.44. The Morgan fingerprint density at radius 3 is 3.03 bits per heavy atom. The van der Waals surface area contributed by atoms with Crippen molar-refractivity contribution in [3.05, 3.63) is 78.1 Å². The molecule has 11 nitrogen and oxygen atoms in total. The molecule has 1 saturated heterocycles. The fraction of sp³-hybridized carbons (Fsp3) is 0.259. The van der Waals surface area contributed by atoms with Gasteiger partial charge in [-0.05, 0) is 42.8 Å². The van der Waals surface area contributed by atoms with Crippen molar-refractivity contribution in [3.8, 4) is 0 Å². The van der Waals surface area contributed by atoms with Gasteiger partial charge in [0.05, 0.1) is 49.4 Å². The number of halogens is 1. The quantitative estimate of drug-likeness (QED) is 0.290. The number of hydrogen-bond donors (Lipinski definition) is 3. The number of anilines is 3. The lowest BCUT2D eigenvalue weighted by Gasteiger charge is -2.23. The van der Waals surface area contributed by atoms with Gasteiger partial charge in [0.1, 0.15) is 24.3 Å². The lowest BCUT2D eigenvalue weighted by molar-refractivity contribution is 0.0494. The molecule has 0 unspecified atom stereocenters. The maximum atomic E-state index is 13.6. The number of morpholine rings is 1. The summed E-state index contributed by atoms with van der Waals surface area (Å²) in [7, 11) is 0. The number of nitrogens with one attached hydrogen (secondary N) is 3. The summed E-state index contributed by atoms with van der Waals surface area (Å²) in [5, 5.41) is 19.1. The van der Waals surface area contributed by atoms with E-state index in [0.29, 0.717) is 31.3 Å². The second-order valence-electron chi connectivity index (χ2n) is 9.35. The zero-order chi connectivity index (χ0) is 26.8. The molecule has 3 aromatic heterocycles. The third-order valence-corrected chi connectivity index (χ3v) is 6.60. The van der Waals surface area contributed by atoms with E-state index in [-0.39, 0.29) is 18.5 Å². The second-order valence-corrected chi connectivity index (χ2v) is 9.35. The maximum absolute atomic E-state index is 13.6.